The molecule has 1 aliphatic rings. The maximum atomic E-state index is 2.35. The highest BCUT2D eigenvalue weighted by Gasteiger charge is 2.29. The smallest absolute Gasteiger partial charge is 0.0391 e. The molecule has 0 nitrogen and oxygen atoms in total. The molecule has 7 heavy (non-hydrogen) atoms. The van der Waals surface area contributed by atoms with Gasteiger partial charge in [0.2, 0.25) is 0 Å². The van der Waals surface area contributed by atoms with Crippen molar-refractivity contribution in [1.82, 2.24) is 0 Å². The minimum absolute atomic E-state index is 1.000. The van der Waals surface area contributed by atoms with Gasteiger partial charge in [0.15, 0.2) is 0 Å². The van der Waals surface area contributed by atoms with Gasteiger partial charge >= 0.3 is 0 Å². The SMILES string of the molecule is CC1C[C@H](C)C1C. The van der Waals surface area contributed by atoms with Gasteiger partial charge in [-0.25, -0.2) is 0 Å². The van der Waals surface area contributed by atoms with Gasteiger partial charge in [0, 0.05) is 0 Å². The van der Waals surface area contributed by atoms with Gasteiger partial charge in [-0.2, -0.15) is 0 Å². The molecule has 3 atom stereocenters. The molecular formula is C7H14. The molecule has 0 aromatic heterocycles. The Hall–Kier alpha value is 0. The molecule has 0 N–H and O–H groups in total. The van der Waals surface area contributed by atoms with Crippen LogP contribution in [-0.4, -0.2) is 0 Å². The number of hydrogen-bond donors (Lipinski definition) is 0. The van der Waals surface area contributed by atoms with E-state index in [-0.39, 0.29) is 0 Å². The summed E-state index contributed by atoms with van der Waals surface area (Å²) in [7, 11) is 0. The highest BCUT2D eigenvalue weighted by Crippen LogP contribution is 2.38. The molecule has 0 aromatic rings. The summed E-state index contributed by atoms with van der Waals surface area (Å²) >= 11 is 0. The van der Waals surface area contributed by atoms with Crippen molar-refractivity contribution < 1.29 is 0 Å². The zero-order valence-electron chi connectivity index (χ0n) is 5.44. The summed E-state index contributed by atoms with van der Waals surface area (Å²) in [4.78, 5) is 0. The third-order valence-corrected chi connectivity index (χ3v) is 2.54. The monoisotopic (exact) mass is 98.1 g/mol. The van der Waals surface area contributed by atoms with Gasteiger partial charge in [-0.05, 0) is 24.2 Å². The van der Waals surface area contributed by atoms with Crippen LogP contribution in [0.2, 0.25) is 0 Å². The van der Waals surface area contributed by atoms with Crippen molar-refractivity contribution in [2.75, 3.05) is 0 Å². The second-order valence-corrected chi connectivity index (χ2v) is 3.05. The Morgan fingerprint density at radius 3 is 1.43 bits per heavy atom. The molecule has 0 aliphatic heterocycles. The van der Waals surface area contributed by atoms with Gasteiger partial charge in [0.25, 0.3) is 0 Å². The van der Waals surface area contributed by atoms with Crippen LogP contribution >= 0.6 is 0 Å². The van der Waals surface area contributed by atoms with Gasteiger partial charge in [0.05, 0.1) is 0 Å². The van der Waals surface area contributed by atoms with Crippen LogP contribution in [0.15, 0.2) is 0 Å². The quantitative estimate of drug-likeness (QED) is 0.436. The Labute approximate surface area is 45.9 Å². The molecule has 0 spiro atoms. The summed E-state index contributed by atoms with van der Waals surface area (Å²) in [6.07, 6.45) is 1.46. The Bertz CT molecular complexity index is 58.4. The molecule has 42 valence electrons. The third kappa shape index (κ3) is 0.667. The molecular weight excluding hydrogens is 84.1 g/mol. The molecule has 0 saturated heterocycles. The lowest BCUT2D eigenvalue weighted by Gasteiger charge is -2.38. The molecule has 1 rings (SSSR count). The van der Waals surface area contributed by atoms with Gasteiger partial charge in [-0.1, -0.05) is 20.8 Å². The maximum Gasteiger partial charge on any atom is -0.0391 e. The van der Waals surface area contributed by atoms with Crippen molar-refractivity contribution in [1.29, 1.82) is 0 Å². The first kappa shape index (κ1) is 5.14. The summed E-state index contributed by atoms with van der Waals surface area (Å²) in [6, 6.07) is 0. The Kier molecular flexibility index (Phi) is 1.10. The zero-order chi connectivity index (χ0) is 5.44. The van der Waals surface area contributed by atoms with Gasteiger partial charge < -0.3 is 0 Å². The van der Waals surface area contributed by atoms with Gasteiger partial charge in [-0.3, -0.25) is 0 Å². The van der Waals surface area contributed by atoms with E-state index in [1.54, 1.807) is 0 Å². The molecule has 0 bridgehead atoms. The maximum absolute atomic E-state index is 2.35. The van der Waals surface area contributed by atoms with E-state index < -0.39 is 0 Å². The first-order valence-electron chi connectivity index (χ1n) is 3.22. The summed E-state index contributed by atoms with van der Waals surface area (Å²) in [5.74, 6) is 3.02. The van der Waals surface area contributed by atoms with Crippen LogP contribution < -0.4 is 0 Å². The summed E-state index contributed by atoms with van der Waals surface area (Å²) in [5, 5.41) is 0. The van der Waals surface area contributed by atoms with Crippen molar-refractivity contribution in [2.24, 2.45) is 17.8 Å². The molecule has 1 saturated carbocycles. The highest BCUT2D eigenvalue weighted by atomic mass is 14.3. The van der Waals surface area contributed by atoms with Crippen molar-refractivity contribution in [3.05, 3.63) is 0 Å². The predicted octanol–water partition coefficient (Wildman–Crippen LogP) is 2.30. The highest BCUT2D eigenvalue weighted by molar-refractivity contribution is 4.79. The van der Waals surface area contributed by atoms with E-state index in [1.807, 2.05) is 0 Å². The zero-order valence-corrected chi connectivity index (χ0v) is 5.44. The van der Waals surface area contributed by atoms with Crippen LogP contribution in [0.4, 0.5) is 0 Å². The van der Waals surface area contributed by atoms with Gasteiger partial charge in [0.1, 0.15) is 0 Å². The van der Waals surface area contributed by atoms with Crippen molar-refractivity contribution in [3.63, 3.8) is 0 Å². The van der Waals surface area contributed by atoms with E-state index in [0.717, 1.165) is 17.8 Å². The molecule has 2 unspecified atom stereocenters. The number of hydrogen-bond acceptors (Lipinski definition) is 0. The predicted molar refractivity (Wildman–Crippen MR) is 32.1 cm³/mol. The van der Waals surface area contributed by atoms with E-state index in [1.165, 1.54) is 6.42 Å². The third-order valence-electron chi connectivity index (χ3n) is 2.54. The normalized spacial score (nSPS) is 51.0. The fourth-order valence-corrected chi connectivity index (χ4v) is 1.38. The van der Waals surface area contributed by atoms with E-state index in [2.05, 4.69) is 20.8 Å². The van der Waals surface area contributed by atoms with E-state index in [4.69, 9.17) is 0 Å². The Balaban J connectivity index is 2.29. The lowest BCUT2D eigenvalue weighted by molar-refractivity contribution is 0.120. The molecule has 0 heterocycles. The summed E-state index contributed by atoms with van der Waals surface area (Å²) in [5.41, 5.74) is 0. The van der Waals surface area contributed by atoms with Crippen molar-refractivity contribution >= 4 is 0 Å². The summed E-state index contributed by atoms with van der Waals surface area (Å²) in [6.45, 7) is 7.02. The van der Waals surface area contributed by atoms with Crippen LogP contribution in [0.25, 0.3) is 0 Å². The Morgan fingerprint density at radius 1 is 1.00 bits per heavy atom. The molecule has 1 aliphatic carbocycles. The minimum Gasteiger partial charge on any atom is -0.0622 e. The average molecular weight is 98.2 g/mol. The molecule has 1 fully saturated rings. The molecule has 0 amide bonds. The lowest BCUT2D eigenvalue weighted by Crippen LogP contribution is -2.29. The van der Waals surface area contributed by atoms with E-state index >= 15 is 0 Å². The molecule has 0 heteroatoms. The molecule has 0 aromatic carbocycles. The van der Waals surface area contributed by atoms with Crippen molar-refractivity contribution in [2.45, 2.75) is 27.2 Å². The van der Waals surface area contributed by atoms with Crippen molar-refractivity contribution in [3.8, 4) is 0 Å². The van der Waals surface area contributed by atoms with E-state index in [9.17, 15) is 0 Å². The van der Waals surface area contributed by atoms with Crippen LogP contribution in [0.1, 0.15) is 27.2 Å². The first-order valence-corrected chi connectivity index (χ1v) is 3.22. The fourth-order valence-electron chi connectivity index (χ4n) is 1.38. The van der Waals surface area contributed by atoms with Crippen LogP contribution in [0.3, 0.4) is 0 Å². The largest absolute Gasteiger partial charge is 0.0622 e. The minimum atomic E-state index is 1.000. The summed E-state index contributed by atoms with van der Waals surface area (Å²) < 4.78 is 0. The second-order valence-electron chi connectivity index (χ2n) is 3.05. The fraction of sp³-hybridized carbons (Fsp3) is 1.00. The number of rotatable bonds is 0. The lowest BCUT2D eigenvalue weighted by atomic mass is 9.68. The average Bonchev–Trinajstić information content (AvgIpc) is 1.68. The molecule has 0 radical (unpaired) electrons. The second kappa shape index (κ2) is 1.50. The topological polar surface area (TPSA) is 0 Å². The van der Waals surface area contributed by atoms with Gasteiger partial charge in [-0.15, -0.1) is 0 Å². The van der Waals surface area contributed by atoms with E-state index in [0.29, 0.717) is 0 Å². The van der Waals surface area contributed by atoms with Crippen LogP contribution in [0.5, 0.6) is 0 Å². The standard InChI is InChI=1S/C7H14/c1-5-4-6(2)7(5)3/h5-7H,4H2,1-3H3/t5-,6?,7?/m0/s1. The Morgan fingerprint density at radius 2 is 1.43 bits per heavy atom. The first-order chi connectivity index (χ1) is 3.22. The van der Waals surface area contributed by atoms with Crippen LogP contribution in [-0.2, 0) is 0 Å². The van der Waals surface area contributed by atoms with Crippen LogP contribution in [0, 0.1) is 17.8 Å².